The Balaban J connectivity index is 1.71. The average Bonchev–Trinajstić information content (AvgIpc) is 3.57. The Hall–Kier alpha value is -3.10. The van der Waals surface area contributed by atoms with Crippen LogP contribution in [0.3, 0.4) is 0 Å². The number of carbonyl (C=O) groups excluding carboxylic acids is 1. The molecule has 1 N–H and O–H groups in total. The predicted molar refractivity (Wildman–Crippen MR) is 129 cm³/mol. The molecular formula is C25H27N3O4S. The van der Waals surface area contributed by atoms with E-state index < -0.39 is 0 Å². The van der Waals surface area contributed by atoms with Crippen molar-refractivity contribution in [2.45, 2.75) is 32.9 Å². The summed E-state index contributed by atoms with van der Waals surface area (Å²) in [7, 11) is 3.48. The summed E-state index contributed by atoms with van der Waals surface area (Å²) in [4.78, 5) is 14.9. The molecule has 2 aliphatic rings. The van der Waals surface area contributed by atoms with Crippen molar-refractivity contribution in [3.63, 3.8) is 0 Å². The standard InChI is InChI=1S/C25H27N3O4S/c1-25(2,3)28(4)24(29)21-18-12-32-23-17(20(18)26-27-21)10-16(14-6-8-31-11-14)22(30-5)19(23)15-7-9-33-13-15/h6-7,9-10,13H,8,11-12H2,1-5H3,(H,26,27). The highest BCUT2D eigenvalue weighted by molar-refractivity contribution is 7.08. The molecule has 33 heavy (non-hydrogen) atoms. The van der Waals surface area contributed by atoms with Gasteiger partial charge in [-0.25, -0.2) is 0 Å². The summed E-state index contributed by atoms with van der Waals surface area (Å²) >= 11 is 1.62. The van der Waals surface area contributed by atoms with Crippen LogP contribution in [0.5, 0.6) is 11.5 Å². The van der Waals surface area contributed by atoms with Crippen LogP contribution in [-0.2, 0) is 11.3 Å². The van der Waals surface area contributed by atoms with Crippen LogP contribution in [0.4, 0.5) is 0 Å². The fourth-order valence-corrected chi connectivity index (χ4v) is 4.84. The molecule has 0 aliphatic carbocycles. The number of aromatic nitrogens is 2. The van der Waals surface area contributed by atoms with E-state index in [1.54, 1.807) is 30.4 Å². The molecule has 1 aromatic carbocycles. The van der Waals surface area contributed by atoms with E-state index in [9.17, 15) is 4.79 Å². The number of fused-ring (bicyclic) bond motifs is 3. The van der Waals surface area contributed by atoms with Gasteiger partial charge >= 0.3 is 0 Å². The number of benzene rings is 1. The maximum Gasteiger partial charge on any atom is 0.274 e. The maximum absolute atomic E-state index is 13.2. The zero-order chi connectivity index (χ0) is 23.3. The number of hydrogen-bond donors (Lipinski definition) is 1. The van der Waals surface area contributed by atoms with Crippen LogP contribution in [0.1, 0.15) is 42.4 Å². The first-order valence-corrected chi connectivity index (χ1v) is 11.8. The number of aromatic amines is 1. The summed E-state index contributed by atoms with van der Waals surface area (Å²) in [5, 5.41) is 11.7. The molecule has 1 amide bonds. The molecule has 2 aliphatic heterocycles. The highest BCUT2D eigenvalue weighted by Crippen LogP contribution is 2.51. The van der Waals surface area contributed by atoms with Gasteiger partial charge in [0.2, 0.25) is 0 Å². The van der Waals surface area contributed by atoms with Crippen molar-refractivity contribution in [1.82, 2.24) is 15.1 Å². The summed E-state index contributed by atoms with van der Waals surface area (Å²) < 4.78 is 17.8. The van der Waals surface area contributed by atoms with Gasteiger partial charge in [0.1, 0.15) is 18.1 Å². The second-order valence-electron chi connectivity index (χ2n) is 9.22. The van der Waals surface area contributed by atoms with Crippen LogP contribution in [0, 0.1) is 0 Å². The van der Waals surface area contributed by atoms with Crippen LogP contribution in [-0.4, -0.2) is 53.9 Å². The molecule has 0 unspecified atom stereocenters. The number of nitrogens with one attached hydrogen (secondary N) is 1. The van der Waals surface area contributed by atoms with E-state index in [0.29, 0.717) is 18.9 Å². The first-order valence-electron chi connectivity index (χ1n) is 10.8. The Bertz CT molecular complexity index is 1250. The van der Waals surface area contributed by atoms with Crippen molar-refractivity contribution in [2.24, 2.45) is 0 Å². The summed E-state index contributed by atoms with van der Waals surface area (Å²) in [5.41, 5.74) is 6.48. The number of nitrogens with zero attached hydrogens (tertiary/aromatic N) is 2. The molecular weight excluding hydrogens is 438 g/mol. The zero-order valence-corrected chi connectivity index (χ0v) is 20.3. The van der Waals surface area contributed by atoms with E-state index in [0.717, 1.165) is 50.6 Å². The Morgan fingerprint density at radius 2 is 2.09 bits per heavy atom. The molecule has 172 valence electrons. The van der Waals surface area contributed by atoms with Gasteiger partial charge in [-0.05, 0) is 54.8 Å². The van der Waals surface area contributed by atoms with Crippen LogP contribution >= 0.6 is 11.3 Å². The fraction of sp³-hybridized carbons (Fsp3) is 0.360. The van der Waals surface area contributed by atoms with Gasteiger partial charge in [-0.3, -0.25) is 9.89 Å². The smallest absolute Gasteiger partial charge is 0.274 e. The van der Waals surface area contributed by atoms with Crippen molar-refractivity contribution in [2.75, 3.05) is 27.4 Å². The van der Waals surface area contributed by atoms with E-state index in [2.05, 4.69) is 33.8 Å². The number of ether oxygens (including phenoxy) is 3. The minimum atomic E-state index is -0.321. The molecule has 2 aromatic heterocycles. The molecule has 0 spiro atoms. The fourth-order valence-electron chi connectivity index (χ4n) is 4.19. The van der Waals surface area contributed by atoms with Crippen molar-refractivity contribution >= 4 is 22.8 Å². The topological polar surface area (TPSA) is 76.7 Å². The van der Waals surface area contributed by atoms with Gasteiger partial charge in [-0.1, -0.05) is 6.08 Å². The van der Waals surface area contributed by atoms with Gasteiger partial charge in [0.25, 0.3) is 5.91 Å². The van der Waals surface area contributed by atoms with Gasteiger partial charge in [0.05, 0.1) is 31.6 Å². The third-order valence-corrected chi connectivity index (χ3v) is 6.99. The highest BCUT2D eigenvalue weighted by Gasteiger charge is 2.34. The van der Waals surface area contributed by atoms with Crippen LogP contribution in [0.15, 0.2) is 29.0 Å². The molecule has 8 heteroatoms. The molecule has 3 aromatic rings. The quantitative estimate of drug-likeness (QED) is 0.587. The van der Waals surface area contributed by atoms with E-state index in [4.69, 9.17) is 14.2 Å². The highest BCUT2D eigenvalue weighted by atomic mass is 32.1. The van der Waals surface area contributed by atoms with Crippen molar-refractivity contribution in [3.8, 4) is 33.9 Å². The van der Waals surface area contributed by atoms with Crippen molar-refractivity contribution in [1.29, 1.82) is 0 Å². The first kappa shape index (κ1) is 21.7. The van der Waals surface area contributed by atoms with Crippen LogP contribution < -0.4 is 9.47 Å². The Morgan fingerprint density at radius 3 is 2.73 bits per heavy atom. The molecule has 4 heterocycles. The second-order valence-corrected chi connectivity index (χ2v) is 10.00. The number of carbonyl (C=O) groups is 1. The predicted octanol–water partition coefficient (Wildman–Crippen LogP) is 4.99. The summed E-state index contributed by atoms with van der Waals surface area (Å²) in [6, 6.07) is 4.12. The SMILES string of the molecule is COc1c(C2=CCOC2)cc2c(c1-c1ccsc1)OCc1c(C(=O)N(C)C(C)(C)C)n[nH]c1-2. The molecule has 0 saturated heterocycles. The Morgan fingerprint density at radius 1 is 1.27 bits per heavy atom. The number of rotatable bonds is 4. The minimum absolute atomic E-state index is 0.134. The first-order chi connectivity index (χ1) is 15.8. The lowest BCUT2D eigenvalue weighted by Crippen LogP contribution is -2.43. The second kappa shape index (κ2) is 8.04. The largest absolute Gasteiger partial charge is 0.495 e. The number of amides is 1. The van der Waals surface area contributed by atoms with E-state index in [1.165, 1.54) is 0 Å². The molecule has 0 saturated carbocycles. The number of H-pyrrole nitrogens is 1. The van der Waals surface area contributed by atoms with E-state index in [1.807, 2.05) is 26.2 Å². The van der Waals surface area contributed by atoms with Gasteiger partial charge in [-0.15, -0.1) is 0 Å². The van der Waals surface area contributed by atoms with Gasteiger partial charge in [0, 0.05) is 29.3 Å². The Labute approximate surface area is 197 Å². The van der Waals surface area contributed by atoms with Crippen molar-refractivity contribution in [3.05, 3.63) is 45.8 Å². The minimum Gasteiger partial charge on any atom is -0.495 e. The van der Waals surface area contributed by atoms with E-state index in [-0.39, 0.29) is 18.1 Å². The van der Waals surface area contributed by atoms with Gasteiger partial charge in [-0.2, -0.15) is 16.4 Å². The number of thiophene rings is 1. The summed E-state index contributed by atoms with van der Waals surface area (Å²) in [5.74, 6) is 1.36. The normalized spacial score (nSPS) is 14.9. The van der Waals surface area contributed by atoms with Gasteiger partial charge < -0.3 is 19.1 Å². The zero-order valence-electron chi connectivity index (χ0n) is 19.4. The van der Waals surface area contributed by atoms with Crippen molar-refractivity contribution < 1.29 is 19.0 Å². The monoisotopic (exact) mass is 465 g/mol. The lowest BCUT2D eigenvalue weighted by Gasteiger charge is -2.32. The molecule has 0 fully saturated rings. The lowest BCUT2D eigenvalue weighted by molar-refractivity contribution is 0.0647. The lowest BCUT2D eigenvalue weighted by atomic mass is 9.90. The summed E-state index contributed by atoms with van der Waals surface area (Å²) in [6.45, 7) is 7.35. The van der Waals surface area contributed by atoms with Crippen LogP contribution in [0.25, 0.3) is 28.0 Å². The molecule has 5 rings (SSSR count). The van der Waals surface area contributed by atoms with Crippen LogP contribution in [0.2, 0.25) is 0 Å². The third kappa shape index (κ3) is 3.54. The average molecular weight is 466 g/mol. The summed E-state index contributed by atoms with van der Waals surface area (Å²) in [6.07, 6.45) is 2.08. The maximum atomic E-state index is 13.2. The number of methoxy groups -OCH3 is 1. The van der Waals surface area contributed by atoms with Gasteiger partial charge in [0.15, 0.2) is 5.69 Å². The molecule has 7 nitrogen and oxygen atoms in total. The Kier molecular flexibility index (Phi) is 5.29. The third-order valence-electron chi connectivity index (χ3n) is 6.31. The molecule has 0 atom stereocenters. The molecule has 0 radical (unpaired) electrons. The number of hydrogen-bond acceptors (Lipinski definition) is 6. The molecule has 0 bridgehead atoms. The van der Waals surface area contributed by atoms with E-state index >= 15 is 0 Å².